The van der Waals surface area contributed by atoms with Crippen LogP contribution < -0.4 is 10.6 Å². The van der Waals surface area contributed by atoms with Crippen molar-refractivity contribution in [3.05, 3.63) is 53.8 Å². The number of pyridine rings is 1. The van der Waals surface area contributed by atoms with Gasteiger partial charge in [0, 0.05) is 36.6 Å². The zero-order valence-corrected chi connectivity index (χ0v) is 13.9. The number of hydrogen-bond acceptors (Lipinski definition) is 7. The van der Waals surface area contributed by atoms with Gasteiger partial charge >= 0.3 is 0 Å². The lowest BCUT2D eigenvalue weighted by atomic mass is 10.2. The highest BCUT2D eigenvalue weighted by atomic mass is 35.5. The lowest BCUT2D eigenvalue weighted by Gasteiger charge is -2.12. The van der Waals surface area contributed by atoms with Gasteiger partial charge in [0.05, 0.1) is 23.0 Å². The molecule has 0 aliphatic heterocycles. The first-order valence-corrected chi connectivity index (χ1v) is 7.93. The quantitative estimate of drug-likeness (QED) is 0.503. The maximum atomic E-state index is 9.46. The number of phenolic OH excluding ortho intramolecular Hbond substituents is 1. The predicted molar refractivity (Wildman–Crippen MR) is 97.2 cm³/mol. The summed E-state index contributed by atoms with van der Waals surface area (Å²) in [6.07, 6.45) is 3.39. The van der Waals surface area contributed by atoms with E-state index in [-0.39, 0.29) is 12.4 Å². The van der Waals surface area contributed by atoms with E-state index in [4.69, 9.17) is 16.7 Å². The molecule has 1 aromatic carbocycles. The molecule has 0 fully saturated rings. The second-order valence-corrected chi connectivity index (χ2v) is 5.55. The Labute approximate surface area is 149 Å². The van der Waals surface area contributed by atoms with E-state index in [1.807, 2.05) is 12.1 Å². The Morgan fingerprint density at radius 3 is 2.72 bits per heavy atom. The van der Waals surface area contributed by atoms with Crippen molar-refractivity contribution in [3.8, 4) is 17.0 Å². The molecular formula is C17H16ClN5O2. The number of aliphatic hydroxyl groups is 1. The van der Waals surface area contributed by atoms with E-state index in [0.717, 1.165) is 5.56 Å². The molecule has 0 unspecified atom stereocenters. The summed E-state index contributed by atoms with van der Waals surface area (Å²) in [5.74, 6) is 0.967. The highest BCUT2D eigenvalue weighted by molar-refractivity contribution is 6.33. The number of phenols is 1. The van der Waals surface area contributed by atoms with Gasteiger partial charge in [0.1, 0.15) is 11.6 Å². The molecule has 7 nitrogen and oxygen atoms in total. The number of aromatic hydroxyl groups is 1. The summed E-state index contributed by atoms with van der Waals surface area (Å²) >= 11 is 6.14. The fourth-order valence-electron chi connectivity index (χ4n) is 2.16. The molecule has 128 valence electrons. The molecule has 2 aromatic heterocycles. The predicted octanol–water partition coefficient (Wildman–Crippen LogP) is 3.05. The van der Waals surface area contributed by atoms with Crippen LogP contribution in [0.1, 0.15) is 0 Å². The standard InChI is InChI=1S/C17H16ClN5O2/c18-13-8-12(25)3-4-14(13)21-16-9-15(11-2-1-5-19-10-11)22-17(23-16)20-6-7-24/h1-5,8-10,24-25H,6-7H2,(H2,20,21,22,23). The Morgan fingerprint density at radius 2 is 2.00 bits per heavy atom. The minimum Gasteiger partial charge on any atom is -0.508 e. The molecule has 25 heavy (non-hydrogen) atoms. The SMILES string of the molecule is OCCNc1nc(Nc2ccc(O)cc2Cl)cc(-c2cccnc2)n1. The van der Waals surface area contributed by atoms with Crippen molar-refractivity contribution in [3.63, 3.8) is 0 Å². The fourth-order valence-corrected chi connectivity index (χ4v) is 2.39. The Hall–Kier alpha value is -2.90. The van der Waals surface area contributed by atoms with E-state index in [1.54, 1.807) is 24.5 Å². The van der Waals surface area contributed by atoms with Crippen LogP contribution in [0.25, 0.3) is 11.3 Å². The second kappa shape index (κ2) is 7.78. The number of nitrogens with zero attached hydrogens (tertiary/aromatic N) is 3. The molecule has 0 amide bonds. The van der Waals surface area contributed by atoms with Crippen molar-refractivity contribution in [2.24, 2.45) is 0 Å². The number of aliphatic hydroxyl groups excluding tert-OH is 1. The maximum Gasteiger partial charge on any atom is 0.225 e. The Kier molecular flexibility index (Phi) is 5.27. The van der Waals surface area contributed by atoms with Gasteiger partial charge in [-0.3, -0.25) is 4.98 Å². The number of anilines is 3. The third-order valence-electron chi connectivity index (χ3n) is 3.29. The number of aromatic nitrogens is 3. The third kappa shape index (κ3) is 4.34. The summed E-state index contributed by atoms with van der Waals surface area (Å²) in [5, 5.41) is 24.9. The van der Waals surface area contributed by atoms with Crippen LogP contribution in [0.15, 0.2) is 48.8 Å². The zero-order valence-electron chi connectivity index (χ0n) is 13.1. The van der Waals surface area contributed by atoms with Crippen molar-refractivity contribution in [1.82, 2.24) is 15.0 Å². The van der Waals surface area contributed by atoms with Crippen LogP contribution in [0.4, 0.5) is 17.5 Å². The summed E-state index contributed by atoms with van der Waals surface area (Å²) in [4.78, 5) is 12.9. The minimum absolute atomic E-state index is 0.0347. The molecule has 0 saturated carbocycles. The summed E-state index contributed by atoms with van der Waals surface area (Å²) in [7, 11) is 0. The number of benzene rings is 1. The lowest BCUT2D eigenvalue weighted by Crippen LogP contribution is -2.10. The van der Waals surface area contributed by atoms with Gasteiger partial charge in [0.15, 0.2) is 0 Å². The van der Waals surface area contributed by atoms with Gasteiger partial charge in [-0.1, -0.05) is 11.6 Å². The van der Waals surface area contributed by atoms with E-state index in [0.29, 0.717) is 34.7 Å². The van der Waals surface area contributed by atoms with Gasteiger partial charge in [-0.15, -0.1) is 0 Å². The number of hydrogen-bond donors (Lipinski definition) is 4. The normalized spacial score (nSPS) is 10.5. The van der Waals surface area contributed by atoms with Gasteiger partial charge in [-0.2, -0.15) is 4.98 Å². The fraction of sp³-hybridized carbons (Fsp3) is 0.118. The molecule has 8 heteroatoms. The molecule has 3 rings (SSSR count). The van der Waals surface area contributed by atoms with Gasteiger partial charge in [-0.05, 0) is 24.3 Å². The van der Waals surface area contributed by atoms with Gasteiger partial charge in [-0.25, -0.2) is 4.98 Å². The average Bonchev–Trinajstić information content (AvgIpc) is 2.63. The first-order chi connectivity index (χ1) is 12.2. The van der Waals surface area contributed by atoms with Crippen molar-refractivity contribution >= 4 is 29.1 Å². The largest absolute Gasteiger partial charge is 0.508 e. The summed E-state index contributed by atoms with van der Waals surface area (Å²) in [6.45, 7) is 0.295. The highest BCUT2D eigenvalue weighted by Crippen LogP contribution is 2.29. The molecule has 4 N–H and O–H groups in total. The first-order valence-electron chi connectivity index (χ1n) is 7.55. The van der Waals surface area contributed by atoms with E-state index in [9.17, 15) is 5.11 Å². The second-order valence-electron chi connectivity index (χ2n) is 5.14. The summed E-state index contributed by atoms with van der Waals surface area (Å²) in [5.41, 5.74) is 2.10. The molecule has 0 radical (unpaired) electrons. The molecule has 0 bridgehead atoms. The molecule has 2 heterocycles. The molecule has 0 spiro atoms. The van der Waals surface area contributed by atoms with E-state index >= 15 is 0 Å². The van der Waals surface area contributed by atoms with E-state index in [2.05, 4.69) is 25.6 Å². The van der Waals surface area contributed by atoms with Gasteiger partial charge < -0.3 is 20.8 Å². The zero-order chi connectivity index (χ0) is 17.6. The van der Waals surface area contributed by atoms with E-state index < -0.39 is 0 Å². The first kappa shape index (κ1) is 16.9. The van der Waals surface area contributed by atoms with Crippen molar-refractivity contribution in [2.45, 2.75) is 0 Å². The molecule has 0 aliphatic rings. The van der Waals surface area contributed by atoms with Crippen LogP contribution in [-0.4, -0.2) is 38.3 Å². The smallest absolute Gasteiger partial charge is 0.225 e. The van der Waals surface area contributed by atoms with Crippen molar-refractivity contribution < 1.29 is 10.2 Å². The van der Waals surface area contributed by atoms with Gasteiger partial charge in [0.25, 0.3) is 0 Å². The number of nitrogens with one attached hydrogen (secondary N) is 2. The van der Waals surface area contributed by atoms with Gasteiger partial charge in [0.2, 0.25) is 5.95 Å². The maximum absolute atomic E-state index is 9.46. The molecular weight excluding hydrogens is 342 g/mol. The van der Waals surface area contributed by atoms with E-state index in [1.165, 1.54) is 12.1 Å². The van der Waals surface area contributed by atoms with Crippen LogP contribution in [0.3, 0.4) is 0 Å². The average molecular weight is 358 g/mol. The third-order valence-corrected chi connectivity index (χ3v) is 3.61. The van der Waals surface area contributed by atoms with Crippen molar-refractivity contribution in [2.75, 3.05) is 23.8 Å². The Balaban J connectivity index is 1.96. The molecule has 0 atom stereocenters. The van der Waals surface area contributed by atoms with Crippen LogP contribution in [-0.2, 0) is 0 Å². The van der Waals surface area contributed by atoms with Crippen LogP contribution in [0.5, 0.6) is 5.75 Å². The number of rotatable bonds is 6. The topological polar surface area (TPSA) is 103 Å². The van der Waals surface area contributed by atoms with Crippen LogP contribution >= 0.6 is 11.6 Å². The van der Waals surface area contributed by atoms with Crippen molar-refractivity contribution in [1.29, 1.82) is 0 Å². The molecule has 0 aliphatic carbocycles. The monoisotopic (exact) mass is 357 g/mol. The highest BCUT2D eigenvalue weighted by Gasteiger charge is 2.09. The van der Waals surface area contributed by atoms with Crippen LogP contribution in [0, 0.1) is 0 Å². The lowest BCUT2D eigenvalue weighted by molar-refractivity contribution is 0.311. The summed E-state index contributed by atoms with van der Waals surface area (Å²) < 4.78 is 0. The minimum atomic E-state index is -0.0347. The van der Waals surface area contributed by atoms with Crippen LogP contribution in [0.2, 0.25) is 5.02 Å². The molecule has 0 saturated heterocycles. The summed E-state index contributed by atoms with van der Waals surface area (Å²) in [6, 6.07) is 10.1. The molecule has 3 aromatic rings. The Bertz CT molecular complexity index is 861. The Morgan fingerprint density at radius 1 is 1.12 bits per heavy atom. The number of halogens is 1.